The van der Waals surface area contributed by atoms with E-state index in [4.69, 9.17) is 39.9 Å². The number of hydrogen-bond acceptors (Lipinski definition) is 4. The Morgan fingerprint density at radius 2 is 1.79 bits per heavy atom. The van der Waals surface area contributed by atoms with Gasteiger partial charge in [-0.25, -0.2) is 8.42 Å². The highest BCUT2D eigenvalue weighted by Gasteiger charge is 2.26. The minimum Gasteiger partial charge on any atom is -0.481 e. The number of rotatable bonds is 9. The number of benzene rings is 2. The van der Waals surface area contributed by atoms with Crippen molar-refractivity contribution in [1.82, 2.24) is 0 Å². The smallest absolute Gasteiger partial charge is 0.303 e. The first-order valence-electron chi connectivity index (χ1n) is 8.58. The summed E-state index contributed by atoms with van der Waals surface area (Å²) < 4.78 is 27.7. The van der Waals surface area contributed by atoms with Crippen LogP contribution in [-0.2, 0) is 14.8 Å². The topological polar surface area (TPSA) is 101 Å². The monoisotopic (exact) mass is 477 g/mol. The van der Waals surface area contributed by atoms with E-state index in [0.717, 1.165) is 0 Å². The lowest BCUT2D eigenvalue weighted by Crippen LogP contribution is -2.28. The third kappa shape index (κ3) is 5.85. The number of carbonyl (C=O) groups is 2. The fraction of sp³-hybridized carbons (Fsp3) is 0.263. The number of ketones is 1. The molecule has 0 aliphatic rings. The Bertz CT molecular complexity index is 1040. The van der Waals surface area contributed by atoms with Gasteiger partial charge in [-0.05, 0) is 43.2 Å². The fourth-order valence-corrected chi connectivity index (χ4v) is 5.02. The van der Waals surface area contributed by atoms with Gasteiger partial charge in [0.05, 0.1) is 21.0 Å². The summed E-state index contributed by atoms with van der Waals surface area (Å²) in [4.78, 5) is 23.6. The molecular weight excluding hydrogens is 461 g/mol. The van der Waals surface area contributed by atoms with Crippen molar-refractivity contribution < 1.29 is 23.1 Å². The number of halogens is 3. The van der Waals surface area contributed by atoms with Crippen molar-refractivity contribution in [2.24, 2.45) is 0 Å². The second kappa shape index (κ2) is 9.80. The van der Waals surface area contributed by atoms with Crippen molar-refractivity contribution in [2.45, 2.75) is 31.4 Å². The lowest BCUT2D eigenvalue weighted by atomic mass is 10.0. The number of carboxylic acids is 1. The average molecular weight is 479 g/mol. The predicted octanol–water partition coefficient (Wildman–Crippen LogP) is 5.26. The highest BCUT2D eigenvalue weighted by Crippen LogP contribution is 2.32. The number of anilines is 1. The zero-order valence-electron chi connectivity index (χ0n) is 15.3. The summed E-state index contributed by atoms with van der Waals surface area (Å²) in [5, 5.41) is 8.32. The van der Waals surface area contributed by atoms with Crippen LogP contribution in [0.1, 0.15) is 42.1 Å². The van der Waals surface area contributed by atoms with Crippen LogP contribution in [0.3, 0.4) is 0 Å². The van der Waals surface area contributed by atoms with Gasteiger partial charge in [0.15, 0.2) is 5.78 Å². The van der Waals surface area contributed by atoms with Gasteiger partial charge in [-0.15, -0.1) is 0 Å². The first kappa shape index (κ1) is 23.5. The van der Waals surface area contributed by atoms with Crippen LogP contribution in [-0.4, -0.2) is 30.5 Å². The van der Waals surface area contributed by atoms with Crippen LogP contribution in [0.15, 0.2) is 36.4 Å². The van der Waals surface area contributed by atoms with Gasteiger partial charge in [-0.2, -0.15) is 0 Å². The predicted molar refractivity (Wildman–Crippen MR) is 115 cm³/mol. The van der Waals surface area contributed by atoms with Crippen molar-refractivity contribution in [2.75, 3.05) is 4.72 Å². The van der Waals surface area contributed by atoms with E-state index in [1.807, 2.05) is 0 Å². The zero-order valence-corrected chi connectivity index (χ0v) is 18.4. The third-order valence-corrected chi connectivity index (χ3v) is 7.15. The largest absolute Gasteiger partial charge is 0.481 e. The molecular formula is C19H18Cl3NO5S. The SMILES string of the molecule is CCC(CCC(=O)O)S(=O)(=O)Nc1cccc(C(=O)c2ccc(Cl)cc2Cl)c1Cl. The molecule has 0 aliphatic heterocycles. The average Bonchev–Trinajstić information content (AvgIpc) is 2.63. The van der Waals surface area contributed by atoms with E-state index < -0.39 is 27.0 Å². The number of hydrogen-bond donors (Lipinski definition) is 2. The van der Waals surface area contributed by atoms with Gasteiger partial charge in [-0.3, -0.25) is 14.3 Å². The highest BCUT2D eigenvalue weighted by molar-refractivity contribution is 7.93. The lowest BCUT2D eigenvalue weighted by molar-refractivity contribution is -0.137. The van der Waals surface area contributed by atoms with Crippen molar-refractivity contribution >= 4 is 62.3 Å². The van der Waals surface area contributed by atoms with E-state index in [2.05, 4.69) is 4.72 Å². The van der Waals surface area contributed by atoms with Gasteiger partial charge >= 0.3 is 5.97 Å². The van der Waals surface area contributed by atoms with Crippen LogP contribution >= 0.6 is 34.8 Å². The van der Waals surface area contributed by atoms with E-state index in [1.165, 1.54) is 36.4 Å². The quantitative estimate of drug-likeness (QED) is 0.479. The maximum atomic E-state index is 12.8. The van der Waals surface area contributed by atoms with E-state index in [-0.39, 0.29) is 46.1 Å². The number of nitrogens with one attached hydrogen (secondary N) is 1. The molecule has 0 amide bonds. The summed E-state index contributed by atoms with van der Waals surface area (Å²) in [5.41, 5.74) is 0.261. The summed E-state index contributed by atoms with van der Waals surface area (Å²) in [5.74, 6) is -1.57. The minimum absolute atomic E-state index is 0.0244. The molecule has 0 aromatic heterocycles. The Kier molecular flexibility index (Phi) is 7.94. The van der Waals surface area contributed by atoms with Crippen molar-refractivity contribution in [1.29, 1.82) is 0 Å². The third-order valence-electron chi connectivity index (χ3n) is 4.25. The van der Waals surface area contributed by atoms with Crippen LogP contribution in [0.4, 0.5) is 5.69 Å². The molecule has 0 radical (unpaired) electrons. The molecule has 6 nitrogen and oxygen atoms in total. The number of carbonyl (C=O) groups excluding carboxylic acids is 1. The van der Waals surface area contributed by atoms with Crippen LogP contribution in [0, 0.1) is 0 Å². The Balaban J connectivity index is 2.34. The lowest BCUT2D eigenvalue weighted by Gasteiger charge is -2.18. The van der Waals surface area contributed by atoms with Crippen molar-refractivity contribution in [3.8, 4) is 0 Å². The van der Waals surface area contributed by atoms with Gasteiger partial charge in [0.25, 0.3) is 0 Å². The van der Waals surface area contributed by atoms with Gasteiger partial charge in [0.2, 0.25) is 10.0 Å². The van der Waals surface area contributed by atoms with Crippen molar-refractivity contribution in [3.05, 3.63) is 62.6 Å². The molecule has 0 saturated heterocycles. The maximum absolute atomic E-state index is 12.8. The van der Waals surface area contributed by atoms with Gasteiger partial charge in [0, 0.05) is 22.6 Å². The molecule has 0 fully saturated rings. The normalized spacial score (nSPS) is 12.4. The number of sulfonamides is 1. The van der Waals surface area contributed by atoms with E-state index in [9.17, 15) is 18.0 Å². The molecule has 1 atom stereocenters. The number of aliphatic carboxylic acids is 1. The minimum atomic E-state index is -3.92. The highest BCUT2D eigenvalue weighted by atomic mass is 35.5. The molecule has 0 heterocycles. The van der Waals surface area contributed by atoms with Crippen LogP contribution < -0.4 is 4.72 Å². The Morgan fingerprint density at radius 1 is 1.10 bits per heavy atom. The molecule has 1 unspecified atom stereocenters. The summed E-state index contributed by atoms with van der Waals surface area (Å²) in [6, 6.07) is 8.75. The zero-order chi connectivity index (χ0) is 21.8. The van der Waals surface area contributed by atoms with Gasteiger partial charge < -0.3 is 5.11 Å². The molecule has 0 aliphatic carbocycles. The van der Waals surface area contributed by atoms with Crippen LogP contribution in [0.25, 0.3) is 0 Å². The van der Waals surface area contributed by atoms with E-state index in [1.54, 1.807) is 6.92 Å². The van der Waals surface area contributed by atoms with Gasteiger partial charge in [-0.1, -0.05) is 47.8 Å². The summed E-state index contributed by atoms with van der Waals surface area (Å²) in [6.07, 6.45) is -0.0994. The first-order chi connectivity index (χ1) is 13.6. The molecule has 0 saturated carbocycles. The second-order valence-electron chi connectivity index (χ2n) is 6.23. The summed E-state index contributed by atoms with van der Waals surface area (Å²) in [7, 11) is -3.92. The number of carboxylic acid groups (broad SMARTS) is 1. The molecule has 156 valence electrons. The Morgan fingerprint density at radius 3 is 2.38 bits per heavy atom. The first-order valence-corrected chi connectivity index (χ1v) is 11.3. The van der Waals surface area contributed by atoms with E-state index in [0.29, 0.717) is 5.02 Å². The Labute approximate surface area is 183 Å². The fourth-order valence-electron chi connectivity index (χ4n) is 2.70. The molecule has 2 aromatic rings. The molecule has 2 N–H and O–H groups in total. The molecule has 2 aromatic carbocycles. The van der Waals surface area contributed by atoms with Crippen LogP contribution in [0.5, 0.6) is 0 Å². The molecule has 29 heavy (non-hydrogen) atoms. The summed E-state index contributed by atoms with van der Waals surface area (Å²) in [6.45, 7) is 1.65. The van der Waals surface area contributed by atoms with Gasteiger partial charge in [0.1, 0.15) is 0 Å². The molecule has 0 spiro atoms. The second-order valence-corrected chi connectivity index (χ2v) is 9.41. The maximum Gasteiger partial charge on any atom is 0.303 e. The Hall–Kier alpha value is -1.80. The summed E-state index contributed by atoms with van der Waals surface area (Å²) >= 11 is 18.2. The standard InChI is InChI=1S/C19H18Cl3NO5S/c1-2-12(7-9-17(24)25)29(27,28)23-16-5-3-4-14(18(16)22)19(26)13-8-6-11(20)10-15(13)21/h3-6,8,10,12,23H,2,7,9H2,1H3,(H,24,25). The van der Waals surface area contributed by atoms with Crippen molar-refractivity contribution in [3.63, 3.8) is 0 Å². The molecule has 0 bridgehead atoms. The molecule has 2 rings (SSSR count). The van der Waals surface area contributed by atoms with E-state index >= 15 is 0 Å². The van der Waals surface area contributed by atoms with Crippen LogP contribution in [0.2, 0.25) is 15.1 Å². The molecule has 10 heteroatoms.